The van der Waals surface area contributed by atoms with E-state index in [4.69, 9.17) is 5.11 Å². The molecule has 0 bridgehead atoms. The third-order valence-corrected chi connectivity index (χ3v) is 3.19. The van der Waals surface area contributed by atoms with Gasteiger partial charge in [-0.25, -0.2) is 4.79 Å². The van der Waals surface area contributed by atoms with Crippen LogP contribution in [0.1, 0.15) is 37.8 Å². The van der Waals surface area contributed by atoms with E-state index >= 15 is 0 Å². The lowest BCUT2D eigenvalue weighted by molar-refractivity contribution is 0.200. The molecule has 1 atom stereocenters. The quantitative estimate of drug-likeness (QED) is 0.787. The van der Waals surface area contributed by atoms with E-state index in [1.54, 1.807) is 0 Å². The minimum atomic E-state index is -0.858. The van der Waals surface area contributed by atoms with Crippen LogP contribution in [0.3, 0.4) is 0 Å². The molecule has 1 aromatic rings. The first-order valence-electron chi connectivity index (χ1n) is 5.65. The molecule has 0 saturated carbocycles. The summed E-state index contributed by atoms with van der Waals surface area (Å²) in [6.07, 6.45) is -0.0362. The lowest BCUT2D eigenvalue weighted by atomic mass is 9.99. The van der Waals surface area contributed by atoms with Gasteiger partial charge >= 0.3 is 6.09 Å². The van der Waals surface area contributed by atoms with Crippen LogP contribution in [0.2, 0.25) is 0 Å². The Morgan fingerprint density at radius 3 is 2.75 bits per heavy atom. The van der Waals surface area contributed by atoms with Gasteiger partial charge in [0.1, 0.15) is 0 Å². The average Bonchev–Trinajstić information content (AvgIpc) is 2.51. The van der Waals surface area contributed by atoms with Crippen LogP contribution in [-0.4, -0.2) is 17.2 Å². The van der Waals surface area contributed by atoms with Crippen LogP contribution in [-0.2, 0) is 6.42 Å². The Balaban J connectivity index is 2.42. The molecule has 0 radical (unpaired) electrons. The minimum Gasteiger partial charge on any atom is -0.465 e. The summed E-state index contributed by atoms with van der Waals surface area (Å²) in [4.78, 5) is 12.6. The number of anilines is 1. The third-order valence-electron chi connectivity index (χ3n) is 3.19. The topological polar surface area (TPSA) is 40.5 Å². The highest BCUT2D eigenvalue weighted by atomic mass is 16.4. The van der Waals surface area contributed by atoms with Crippen molar-refractivity contribution in [3.8, 4) is 0 Å². The zero-order valence-corrected chi connectivity index (χ0v) is 9.90. The molecule has 1 heterocycles. The Morgan fingerprint density at radius 1 is 1.50 bits per heavy atom. The summed E-state index contributed by atoms with van der Waals surface area (Å²) in [5, 5.41) is 9.13. The van der Waals surface area contributed by atoms with Crippen molar-refractivity contribution in [2.24, 2.45) is 0 Å². The highest BCUT2D eigenvalue weighted by Gasteiger charge is 2.30. The molecule has 3 nitrogen and oxygen atoms in total. The van der Waals surface area contributed by atoms with Crippen molar-refractivity contribution in [1.29, 1.82) is 0 Å². The lowest BCUT2D eigenvalue weighted by Gasteiger charge is -2.18. The first-order valence-corrected chi connectivity index (χ1v) is 5.65. The Hall–Kier alpha value is -1.51. The second-order valence-electron chi connectivity index (χ2n) is 4.75. The molecular formula is C13H17NO2. The van der Waals surface area contributed by atoms with Crippen molar-refractivity contribution in [3.05, 3.63) is 29.3 Å². The van der Waals surface area contributed by atoms with Crippen LogP contribution in [0.15, 0.2) is 18.2 Å². The molecule has 2 rings (SSSR count). The Labute approximate surface area is 95.7 Å². The third kappa shape index (κ3) is 1.66. The summed E-state index contributed by atoms with van der Waals surface area (Å²) >= 11 is 0. The van der Waals surface area contributed by atoms with E-state index in [-0.39, 0.29) is 6.04 Å². The van der Waals surface area contributed by atoms with E-state index in [9.17, 15) is 4.79 Å². The van der Waals surface area contributed by atoms with E-state index in [1.165, 1.54) is 10.5 Å². The van der Waals surface area contributed by atoms with Gasteiger partial charge in [-0.2, -0.15) is 0 Å². The molecule has 16 heavy (non-hydrogen) atoms. The number of rotatable bonds is 1. The summed E-state index contributed by atoms with van der Waals surface area (Å²) in [5.74, 6) is 0.486. The maximum atomic E-state index is 11.1. The van der Waals surface area contributed by atoms with E-state index in [2.05, 4.69) is 19.9 Å². The summed E-state index contributed by atoms with van der Waals surface area (Å²) in [5.41, 5.74) is 3.28. The lowest BCUT2D eigenvalue weighted by Crippen LogP contribution is -2.34. The Bertz CT molecular complexity index is 426. The molecule has 0 spiro atoms. The highest BCUT2D eigenvalue weighted by Crippen LogP contribution is 2.34. The number of nitrogens with zero attached hydrogens (tertiary/aromatic N) is 1. The van der Waals surface area contributed by atoms with Gasteiger partial charge in [-0.3, -0.25) is 4.90 Å². The van der Waals surface area contributed by atoms with Crippen molar-refractivity contribution in [1.82, 2.24) is 0 Å². The summed E-state index contributed by atoms with van der Waals surface area (Å²) in [6.45, 7) is 6.24. The Morgan fingerprint density at radius 2 is 2.19 bits per heavy atom. The van der Waals surface area contributed by atoms with Gasteiger partial charge in [0.25, 0.3) is 0 Å². The van der Waals surface area contributed by atoms with Crippen LogP contribution in [0.25, 0.3) is 0 Å². The molecule has 0 fully saturated rings. The van der Waals surface area contributed by atoms with E-state index in [0.29, 0.717) is 5.92 Å². The van der Waals surface area contributed by atoms with Crippen molar-refractivity contribution in [2.75, 3.05) is 4.90 Å². The van der Waals surface area contributed by atoms with Gasteiger partial charge in [-0.15, -0.1) is 0 Å². The van der Waals surface area contributed by atoms with Crippen molar-refractivity contribution in [2.45, 2.75) is 39.2 Å². The van der Waals surface area contributed by atoms with Crippen LogP contribution in [0.4, 0.5) is 10.5 Å². The summed E-state index contributed by atoms with van der Waals surface area (Å²) < 4.78 is 0. The van der Waals surface area contributed by atoms with Crippen LogP contribution in [0.5, 0.6) is 0 Å². The molecule has 1 aliphatic heterocycles. The number of carboxylic acid groups (broad SMARTS) is 1. The number of carbonyl (C=O) groups is 1. The van der Waals surface area contributed by atoms with E-state index < -0.39 is 6.09 Å². The van der Waals surface area contributed by atoms with E-state index in [1.807, 2.05) is 19.1 Å². The number of benzene rings is 1. The molecule has 0 unspecified atom stereocenters. The molecule has 3 heteroatoms. The van der Waals surface area contributed by atoms with Crippen molar-refractivity contribution in [3.63, 3.8) is 0 Å². The summed E-state index contributed by atoms with van der Waals surface area (Å²) in [7, 11) is 0. The van der Waals surface area contributed by atoms with Crippen LogP contribution < -0.4 is 4.90 Å². The maximum absolute atomic E-state index is 11.1. The number of hydrogen-bond acceptors (Lipinski definition) is 1. The SMILES string of the molecule is CC(C)c1ccc2c(c1)C[C@@H](C)N2C(=O)O. The number of hydrogen-bond donors (Lipinski definition) is 1. The number of fused-ring (bicyclic) bond motifs is 1. The zero-order chi connectivity index (χ0) is 11.9. The monoisotopic (exact) mass is 219 g/mol. The first kappa shape index (κ1) is 11.0. The predicted molar refractivity (Wildman–Crippen MR) is 64.2 cm³/mol. The number of amides is 1. The van der Waals surface area contributed by atoms with E-state index in [0.717, 1.165) is 17.7 Å². The molecule has 1 amide bonds. The summed E-state index contributed by atoms with van der Waals surface area (Å²) in [6, 6.07) is 6.15. The normalized spacial score (nSPS) is 19.0. The molecular weight excluding hydrogens is 202 g/mol. The fourth-order valence-corrected chi connectivity index (χ4v) is 2.30. The molecule has 86 valence electrons. The second kappa shape index (κ2) is 3.81. The van der Waals surface area contributed by atoms with Gasteiger partial charge in [0, 0.05) is 6.04 Å². The van der Waals surface area contributed by atoms with Crippen molar-refractivity contribution >= 4 is 11.8 Å². The zero-order valence-electron chi connectivity index (χ0n) is 9.90. The molecule has 0 aliphatic carbocycles. The van der Waals surface area contributed by atoms with Crippen LogP contribution in [0, 0.1) is 0 Å². The van der Waals surface area contributed by atoms with Gasteiger partial charge in [0.15, 0.2) is 0 Å². The molecule has 1 N–H and O–H groups in total. The molecule has 0 aromatic heterocycles. The second-order valence-corrected chi connectivity index (χ2v) is 4.75. The van der Waals surface area contributed by atoms with Gasteiger partial charge in [-0.1, -0.05) is 26.0 Å². The highest BCUT2D eigenvalue weighted by molar-refractivity contribution is 5.89. The van der Waals surface area contributed by atoms with Crippen molar-refractivity contribution < 1.29 is 9.90 Å². The van der Waals surface area contributed by atoms with Crippen LogP contribution >= 0.6 is 0 Å². The maximum Gasteiger partial charge on any atom is 0.412 e. The minimum absolute atomic E-state index is 0.0508. The molecule has 1 aromatic carbocycles. The predicted octanol–water partition coefficient (Wildman–Crippen LogP) is 3.24. The smallest absolute Gasteiger partial charge is 0.412 e. The molecule has 0 saturated heterocycles. The van der Waals surface area contributed by atoms with Gasteiger partial charge in [-0.05, 0) is 36.5 Å². The van der Waals surface area contributed by atoms with Gasteiger partial charge < -0.3 is 5.11 Å². The standard InChI is InChI=1S/C13H17NO2/c1-8(2)10-4-5-12-11(7-10)6-9(3)14(12)13(15)16/h4-5,7-9H,6H2,1-3H3,(H,15,16)/t9-/m1/s1. The molecule has 1 aliphatic rings. The fraction of sp³-hybridized carbons (Fsp3) is 0.462. The fourth-order valence-electron chi connectivity index (χ4n) is 2.30. The average molecular weight is 219 g/mol. The Kier molecular flexibility index (Phi) is 2.62. The van der Waals surface area contributed by atoms with Gasteiger partial charge in [0.2, 0.25) is 0 Å². The largest absolute Gasteiger partial charge is 0.465 e. The first-order chi connectivity index (χ1) is 7.50. The van der Waals surface area contributed by atoms with Gasteiger partial charge in [0.05, 0.1) is 5.69 Å².